The summed E-state index contributed by atoms with van der Waals surface area (Å²) in [4.78, 5) is 20.9. The summed E-state index contributed by atoms with van der Waals surface area (Å²) in [5.74, 6) is -0.297. The highest BCUT2D eigenvalue weighted by molar-refractivity contribution is 8.00. The summed E-state index contributed by atoms with van der Waals surface area (Å²) in [6.45, 7) is 0. The minimum absolute atomic E-state index is 0.191. The Labute approximate surface area is 62.0 Å². The molecule has 0 aliphatic carbocycles. The van der Waals surface area contributed by atoms with E-state index in [1.165, 1.54) is 11.8 Å². The molecule has 0 saturated carbocycles. The van der Waals surface area contributed by atoms with Crippen molar-refractivity contribution in [2.75, 3.05) is 11.5 Å². The maximum Gasteiger partial charge on any atom is 0.327 e. The number of carbonyl (C=O) groups is 2. The van der Waals surface area contributed by atoms with Gasteiger partial charge in [-0.2, -0.15) is 0 Å². The lowest BCUT2D eigenvalue weighted by molar-refractivity contribution is -0.140. The van der Waals surface area contributed by atoms with E-state index in [2.05, 4.69) is 5.32 Å². The van der Waals surface area contributed by atoms with Crippen LogP contribution in [0.5, 0.6) is 0 Å². The molecule has 10 heavy (non-hydrogen) atoms. The maximum atomic E-state index is 10.6. The molecule has 0 bridgehead atoms. The molecule has 2 N–H and O–H groups in total. The Kier molecular flexibility index (Phi) is 2.16. The van der Waals surface area contributed by atoms with Crippen molar-refractivity contribution in [3.8, 4) is 0 Å². The Hall–Kier alpha value is -0.710. The van der Waals surface area contributed by atoms with Crippen LogP contribution in [0.2, 0.25) is 0 Å². The van der Waals surface area contributed by atoms with Crippen LogP contribution in [0.15, 0.2) is 0 Å². The van der Waals surface area contributed by atoms with E-state index in [0.717, 1.165) is 0 Å². The van der Waals surface area contributed by atoms with Crippen LogP contribution in [0.4, 0.5) is 0 Å². The van der Waals surface area contributed by atoms with Crippen LogP contribution in [0, 0.1) is 0 Å². The number of hydrogen-bond donors (Lipinski definition) is 2. The van der Waals surface area contributed by atoms with Gasteiger partial charge in [0.15, 0.2) is 0 Å². The third kappa shape index (κ3) is 1.63. The summed E-state index contributed by atoms with van der Waals surface area (Å²) >= 11 is 1.35. The Morgan fingerprint density at radius 2 is 2.50 bits per heavy atom. The molecular weight excluding hydrogens is 154 g/mol. The second-order valence-electron chi connectivity index (χ2n) is 1.97. The van der Waals surface area contributed by atoms with Gasteiger partial charge in [0.25, 0.3) is 0 Å². The second-order valence-corrected chi connectivity index (χ2v) is 3.00. The minimum atomic E-state index is -0.958. The highest BCUT2D eigenvalue weighted by atomic mass is 32.2. The first-order valence-corrected chi connectivity index (χ1v) is 3.95. The largest absolute Gasteiger partial charge is 0.480 e. The number of aliphatic carboxylic acids is 1. The van der Waals surface area contributed by atoms with Crippen LogP contribution in [0.3, 0.4) is 0 Å². The average Bonchev–Trinajstić information content (AvgIpc) is 1.88. The summed E-state index contributed by atoms with van der Waals surface area (Å²) in [6, 6.07) is -0.689. The predicted molar refractivity (Wildman–Crippen MR) is 36.9 cm³/mol. The quantitative estimate of drug-likeness (QED) is 0.534. The van der Waals surface area contributed by atoms with Gasteiger partial charge < -0.3 is 10.4 Å². The third-order valence-corrected chi connectivity index (χ3v) is 2.19. The van der Waals surface area contributed by atoms with Gasteiger partial charge in [0.2, 0.25) is 5.91 Å². The number of hydrogen-bond acceptors (Lipinski definition) is 3. The summed E-state index contributed by atoms with van der Waals surface area (Å²) in [7, 11) is 0. The lowest BCUT2D eigenvalue weighted by Crippen LogP contribution is -2.46. The van der Waals surface area contributed by atoms with Crippen LogP contribution in [0.25, 0.3) is 0 Å². The van der Waals surface area contributed by atoms with Crippen molar-refractivity contribution in [1.29, 1.82) is 0 Å². The van der Waals surface area contributed by atoms with Crippen molar-refractivity contribution >= 4 is 23.6 Å². The number of thioether (sulfide) groups is 1. The predicted octanol–water partition coefficient (Wildman–Crippen LogP) is -0.697. The molecule has 56 valence electrons. The molecule has 0 aromatic carbocycles. The van der Waals surface area contributed by atoms with Gasteiger partial charge in [0, 0.05) is 5.75 Å². The van der Waals surface area contributed by atoms with Gasteiger partial charge in [-0.3, -0.25) is 4.79 Å². The monoisotopic (exact) mass is 161 g/mol. The second kappa shape index (κ2) is 2.92. The van der Waals surface area contributed by atoms with Crippen LogP contribution < -0.4 is 5.32 Å². The first-order chi connectivity index (χ1) is 4.70. The van der Waals surface area contributed by atoms with Crippen molar-refractivity contribution in [2.45, 2.75) is 6.04 Å². The molecule has 1 amide bonds. The fraction of sp³-hybridized carbons (Fsp3) is 0.600. The maximum absolute atomic E-state index is 10.6. The molecule has 1 fully saturated rings. The standard InChI is InChI=1S/C5H7NO3S/c7-4-2-10-1-3(6-4)5(8)9/h3H,1-2H2,(H,6,7)(H,8,9)/t3-/m1/s1. The van der Waals surface area contributed by atoms with Crippen molar-refractivity contribution in [2.24, 2.45) is 0 Å². The molecule has 1 aliphatic heterocycles. The van der Waals surface area contributed by atoms with Crippen molar-refractivity contribution in [3.63, 3.8) is 0 Å². The van der Waals surface area contributed by atoms with Crippen LogP contribution in [0.1, 0.15) is 0 Å². The fourth-order valence-corrected chi connectivity index (χ4v) is 1.53. The van der Waals surface area contributed by atoms with E-state index in [-0.39, 0.29) is 5.91 Å². The molecule has 5 heteroatoms. The lowest BCUT2D eigenvalue weighted by atomic mass is 10.3. The van der Waals surface area contributed by atoms with E-state index in [9.17, 15) is 9.59 Å². The highest BCUT2D eigenvalue weighted by Crippen LogP contribution is 2.07. The van der Waals surface area contributed by atoms with Gasteiger partial charge >= 0.3 is 5.97 Å². The summed E-state index contributed by atoms with van der Waals surface area (Å²) < 4.78 is 0. The smallest absolute Gasteiger partial charge is 0.327 e. The van der Waals surface area contributed by atoms with Gasteiger partial charge in [-0.25, -0.2) is 4.79 Å². The van der Waals surface area contributed by atoms with Crippen molar-refractivity contribution in [3.05, 3.63) is 0 Å². The zero-order valence-electron chi connectivity index (χ0n) is 5.16. The molecule has 0 aromatic heterocycles. The van der Waals surface area contributed by atoms with E-state index < -0.39 is 12.0 Å². The normalized spacial score (nSPS) is 25.6. The highest BCUT2D eigenvalue weighted by Gasteiger charge is 2.23. The molecule has 0 unspecified atom stereocenters. The molecule has 0 aromatic rings. The molecule has 1 rings (SSSR count). The Morgan fingerprint density at radius 3 is 2.90 bits per heavy atom. The van der Waals surface area contributed by atoms with Crippen LogP contribution in [-0.2, 0) is 9.59 Å². The van der Waals surface area contributed by atoms with Gasteiger partial charge in [-0.05, 0) is 0 Å². The Balaban J connectivity index is 2.47. The SMILES string of the molecule is O=C1CSC[C@H](C(=O)O)N1. The first-order valence-electron chi connectivity index (χ1n) is 2.80. The van der Waals surface area contributed by atoms with E-state index >= 15 is 0 Å². The van der Waals surface area contributed by atoms with E-state index in [1.807, 2.05) is 0 Å². The molecule has 1 heterocycles. The van der Waals surface area contributed by atoms with E-state index in [1.54, 1.807) is 0 Å². The molecule has 0 radical (unpaired) electrons. The van der Waals surface area contributed by atoms with Crippen LogP contribution >= 0.6 is 11.8 Å². The zero-order chi connectivity index (χ0) is 7.56. The first kappa shape index (κ1) is 7.40. The van der Waals surface area contributed by atoms with Gasteiger partial charge in [-0.15, -0.1) is 11.8 Å². The van der Waals surface area contributed by atoms with E-state index in [0.29, 0.717) is 11.5 Å². The summed E-state index contributed by atoms with van der Waals surface area (Å²) in [5.41, 5.74) is 0. The van der Waals surface area contributed by atoms with Gasteiger partial charge in [-0.1, -0.05) is 0 Å². The number of amides is 1. The topological polar surface area (TPSA) is 66.4 Å². The summed E-state index contributed by atoms with van der Waals surface area (Å²) in [5, 5.41) is 10.8. The summed E-state index contributed by atoms with van der Waals surface area (Å²) in [6.07, 6.45) is 0. The number of carboxylic acid groups (broad SMARTS) is 1. The van der Waals surface area contributed by atoms with Gasteiger partial charge in [0.05, 0.1) is 5.75 Å². The number of carbonyl (C=O) groups excluding carboxylic acids is 1. The minimum Gasteiger partial charge on any atom is -0.480 e. The average molecular weight is 161 g/mol. The van der Waals surface area contributed by atoms with Crippen LogP contribution in [-0.4, -0.2) is 34.5 Å². The molecule has 0 spiro atoms. The van der Waals surface area contributed by atoms with Crippen molar-refractivity contribution < 1.29 is 14.7 Å². The number of rotatable bonds is 1. The molecular formula is C5H7NO3S. The number of nitrogens with one attached hydrogen (secondary N) is 1. The zero-order valence-corrected chi connectivity index (χ0v) is 5.98. The fourth-order valence-electron chi connectivity index (χ4n) is 0.680. The lowest BCUT2D eigenvalue weighted by Gasteiger charge is -2.18. The number of carboxylic acids is 1. The Morgan fingerprint density at radius 1 is 1.80 bits per heavy atom. The molecule has 1 atom stereocenters. The van der Waals surface area contributed by atoms with E-state index in [4.69, 9.17) is 5.11 Å². The molecule has 4 nitrogen and oxygen atoms in total. The van der Waals surface area contributed by atoms with Gasteiger partial charge in [0.1, 0.15) is 6.04 Å². The Bertz CT molecular complexity index is 168. The molecule has 1 aliphatic rings. The molecule has 1 saturated heterocycles. The third-order valence-electron chi connectivity index (χ3n) is 1.15. The van der Waals surface area contributed by atoms with Crippen molar-refractivity contribution in [1.82, 2.24) is 5.32 Å².